The van der Waals surface area contributed by atoms with E-state index in [-0.39, 0.29) is 5.91 Å². The molecule has 126 valence electrons. The van der Waals surface area contributed by atoms with Crippen LogP contribution in [0, 0.1) is 0 Å². The van der Waals surface area contributed by atoms with E-state index in [4.69, 9.17) is 10.5 Å². The van der Waals surface area contributed by atoms with Crippen molar-refractivity contribution in [3.8, 4) is 11.5 Å². The van der Waals surface area contributed by atoms with Gasteiger partial charge in [-0.3, -0.25) is 4.79 Å². The number of aryl methyl sites for hydroxylation is 1. The van der Waals surface area contributed by atoms with Gasteiger partial charge in [0.2, 0.25) is 5.91 Å². The fourth-order valence-electron chi connectivity index (χ4n) is 2.46. The topological polar surface area (TPSA) is 64.4 Å². The van der Waals surface area contributed by atoms with Crippen molar-refractivity contribution in [2.45, 2.75) is 12.8 Å². The minimum atomic E-state index is -0.0417. The molecule has 4 heteroatoms. The van der Waals surface area contributed by atoms with E-state index >= 15 is 0 Å². The first-order valence-electron chi connectivity index (χ1n) is 8.17. The molecule has 0 bridgehead atoms. The van der Waals surface area contributed by atoms with Crippen molar-refractivity contribution < 1.29 is 9.53 Å². The molecule has 1 amide bonds. The van der Waals surface area contributed by atoms with Gasteiger partial charge in [-0.2, -0.15) is 0 Å². The third-order valence-corrected chi connectivity index (χ3v) is 3.79. The van der Waals surface area contributed by atoms with Gasteiger partial charge in [-0.1, -0.05) is 36.4 Å². The molecule has 0 saturated heterocycles. The molecule has 0 radical (unpaired) electrons. The van der Waals surface area contributed by atoms with Gasteiger partial charge in [-0.25, -0.2) is 0 Å². The predicted octanol–water partition coefficient (Wildman–Crippen LogP) is 4.63. The second-order valence-electron chi connectivity index (χ2n) is 5.69. The molecule has 0 fully saturated rings. The highest BCUT2D eigenvalue weighted by Crippen LogP contribution is 2.22. The monoisotopic (exact) mass is 332 g/mol. The Morgan fingerprint density at radius 1 is 0.840 bits per heavy atom. The van der Waals surface area contributed by atoms with Crippen LogP contribution in [0.3, 0.4) is 0 Å². The number of rotatable bonds is 6. The first-order valence-corrected chi connectivity index (χ1v) is 8.17. The lowest BCUT2D eigenvalue weighted by Crippen LogP contribution is -2.12. The number of para-hydroxylation sites is 2. The van der Waals surface area contributed by atoms with Crippen molar-refractivity contribution >= 4 is 17.3 Å². The zero-order valence-corrected chi connectivity index (χ0v) is 13.8. The molecule has 0 aliphatic carbocycles. The van der Waals surface area contributed by atoms with Gasteiger partial charge >= 0.3 is 0 Å². The molecular formula is C21H20N2O2. The van der Waals surface area contributed by atoms with Crippen LogP contribution in [0.4, 0.5) is 11.4 Å². The molecule has 3 aromatic carbocycles. The standard InChI is InChI=1S/C21H20N2O2/c22-20-9-5-4-6-16(20)10-15-21(24)23-17-11-13-19(14-12-17)25-18-7-2-1-3-8-18/h1-9,11-14H,10,15,22H2,(H,23,24). The van der Waals surface area contributed by atoms with Crippen LogP contribution in [0.25, 0.3) is 0 Å². The number of nitrogen functional groups attached to an aromatic ring is 1. The zero-order valence-electron chi connectivity index (χ0n) is 13.8. The van der Waals surface area contributed by atoms with Gasteiger partial charge in [0.05, 0.1) is 0 Å². The average molecular weight is 332 g/mol. The molecule has 0 saturated carbocycles. The minimum absolute atomic E-state index is 0.0417. The first kappa shape index (κ1) is 16.6. The summed E-state index contributed by atoms with van der Waals surface area (Å²) in [4.78, 5) is 12.1. The summed E-state index contributed by atoms with van der Waals surface area (Å²) < 4.78 is 5.73. The number of carbonyl (C=O) groups excluding carboxylic acids is 1. The van der Waals surface area contributed by atoms with Crippen LogP contribution in [0.2, 0.25) is 0 Å². The number of anilines is 2. The quantitative estimate of drug-likeness (QED) is 0.647. The molecule has 3 aromatic rings. The summed E-state index contributed by atoms with van der Waals surface area (Å²) in [6.07, 6.45) is 1.00. The Hall–Kier alpha value is -3.27. The van der Waals surface area contributed by atoms with Crippen molar-refractivity contribution in [2.24, 2.45) is 0 Å². The van der Waals surface area contributed by atoms with Gasteiger partial charge < -0.3 is 15.8 Å². The second-order valence-corrected chi connectivity index (χ2v) is 5.69. The number of nitrogens with two attached hydrogens (primary N) is 1. The number of hydrogen-bond acceptors (Lipinski definition) is 3. The molecule has 3 rings (SSSR count). The molecule has 0 aromatic heterocycles. The van der Waals surface area contributed by atoms with Crippen LogP contribution in [0.1, 0.15) is 12.0 Å². The third kappa shape index (κ3) is 4.85. The Balaban J connectivity index is 1.52. The van der Waals surface area contributed by atoms with Crippen LogP contribution in [-0.4, -0.2) is 5.91 Å². The SMILES string of the molecule is Nc1ccccc1CCC(=O)Nc1ccc(Oc2ccccc2)cc1. The van der Waals surface area contributed by atoms with E-state index in [1.54, 1.807) is 0 Å². The van der Waals surface area contributed by atoms with Crippen LogP contribution in [0.15, 0.2) is 78.9 Å². The summed E-state index contributed by atoms with van der Waals surface area (Å²) in [7, 11) is 0. The van der Waals surface area contributed by atoms with Crippen LogP contribution in [0.5, 0.6) is 11.5 Å². The maximum absolute atomic E-state index is 12.1. The smallest absolute Gasteiger partial charge is 0.224 e. The summed E-state index contributed by atoms with van der Waals surface area (Å²) >= 11 is 0. The number of ether oxygens (including phenoxy) is 1. The van der Waals surface area contributed by atoms with Crippen LogP contribution >= 0.6 is 0 Å². The largest absolute Gasteiger partial charge is 0.457 e. The van der Waals surface area contributed by atoms with Crippen molar-refractivity contribution in [3.05, 3.63) is 84.4 Å². The van der Waals surface area contributed by atoms with Crippen molar-refractivity contribution in [2.75, 3.05) is 11.1 Å². The fraction of sp³-hybridized carbons (Fsp3) is 0.0952. The van der Waals surface area contributed by atoms with Crippen molar-refractivity contribution in [1.29, 1.82) is 0 Å². The van der Waals surface area contributed by atoms with Gasteiger partial charge in [-0.05, 0) is 54.4 Å². The summed E-state index contributed by atoms with van der Waals surface area (Å²) in [6.45, 7) is 0. The number of amides is 1. The maximum atomic E-state index is 12.1. The Morgan fingerprint density at radius 2 is 1.48 bits per heavy atom. The maximum Gasteiger partial charge on any atom is 0.224 e. The van der Waals surface area contributed by atoms with Crippen LogP contribution < -0.4 is 15.8 Å². The summed E-state index contributed by atoms with van der Waals surface area (Å²) in [5, 5.41) is 2.89. The number of carbonyl (C=O) groups is 1. The molecule has 25 heavy (non-hydrogen) atoms. The normalized spacial score (nSPS) is 10.2. The minimum Gasteiger partial charge on any atom is -0.457 e. The van der Waals surface area contributed by atoms with E-state index in [1.807, 2.05) is 78.9 Å². The Morgan fingerprint density at radius 3 is 2.20 bits per heavy atom. The number of benzene rings is 3. The van der Waals surface area contributed by atoms with E-state index < -0.39 is 0 Å². The van der Waals surface area contributed by atoms with Crippen molar-refractivity contribution in [3.63, 3.8) is 0 Å². The average Bonchev–Trinajstić information content (AvgIpc) is 2.64. The lowest BCUT2D eigenvalue weighted by Gasteiger charge is -2.09. The second kappa shape index (κ2) is 8.02. The lowest BCUT2D eigenvalue weighted by atomic mass is 10.1. The highest BCUT2D eigenvalue weighted by molar-refractivity contribution is 5.90. The molecule has 4 nitrogen and oxygen atoms in total. The highest BCUT2D eigenvalue weighted by atomic mass is 16.5. The molecule has 0 atom stereocenters. The molecule has 3 N–H and O–H groups in total. The fourth-order valence-corrected chi connectivity index (χ4v) is 2.46. The summed E-state index contributed by atoms with van der Waals surface area (Å²) in [6, 6.07) is 24.5. The molecule has 0 heterocycles. The van der Waals surface area contributed by atoms with Gasteiger partial charge in [-0.15, -0.1) is 0 Å². The summed E-state index contributed by atoms with van der Waals surface area (Å²) in [5.74, 6) is 1.46. The van der Waals surface area contributed by atoms with Gasteiger partial charge in [0, 0.05) is 17.8 Å². The number of nitrogens with one attached hydrogen (secondary N) is 1. The molecular weight excluding hydrogens is 312 g/mol. The van der Waals surface area contributed by atoms with Crippen molar-refractivity contribution in [1.82, 2.24) is 0 Å². The number of hydrogen-bond donors (Lipinski definition) is 2. The van der Waals surface area contributed by atoms with Gasteiger partial charge in [0.15, 0.2) is 0 Å². The van der Waals surface area contributed by atoms with E-state index in [0.29, 0.717) is 12.8 Å². The third-order valence-electron chi connectivity index (χ3n) is 3.79. The Bertz CT molecular complexity index is 830. The Kier molecular flexibility index (Phi) is 5.32. The van der Waals surface area contributed by atoms with Crippen LogP contribution in [-0.2, 0) is 11.2 Å². The highest BCUT2D eigenvalue weighted by Gasteiger charge is 2.05. The molecule has 0 spiro atoms. The van der Waals surface area contributed by atoms with Gasteiger partial charge in [0.25, 0.3) is 0 Å². The zero-order chi connectivity index (χ0) is 17.5. The van der Waals surface area contributed by atoms with E-state index in [1.165, 1.54) is 0 Å². The Labute approximate surface area is 147 Å². The van der Waals surface area contributed by atoms with E-state index in [9.17, 15) is 4.79 Å². The van der Waals surface area contributed by atoms with Gasteiger partial charge in [0.1, 0.15) is 11.5 Å². The lowest BCUT2D eigenvalue weighted by molar-refractivity contribution is -0.116. The molecule has 0 aliphatic heterocycles. The predicted molar refractivity (Wildman–Crippen MR) is 101 cm³/mol. The van der Waals surface area contributed by atoms with E-state index in [2.05, 4.69) is 5.32 Å². The molecule has 0 aliphatic rings. The first-order chi connectivity index (χ1) is 12.2. The summed E-state index contributed by atoms with van der Waals surface area (Å²) in [5.41, 5.74) is 8.35. The van der Waals surface area contributed by atoms with E-state index in [0.717, 1.165) is 28.4 Å². The molecule has 0 unspecified atom stereocenters.